The molecule has 224 valence electrons. The number of hydrogen-bond donors (Lipinski definition) is 3. The normalized spacial score (nSPS) is 18.5. The summed E-state index contributed by atoms with van der Waals surface area (Å²) in [5, 5.41) is 11.3. The third-order valence-electron chi connectivity index (χ3n) is 7.48. The van der Waals surface area contributed by atoms with Gasteiger partial charge in [-0.05, 0) is 72.2 Å². The SMILES string of the molecule is CCCC1(CCc2ccc(F)cc2)CC(O)=C([C@H](c2cccc(NS(=O)(=O)c3ccc(N)cn3)c2)C(C)(C)C)C(=O)O1. The summed E-state index contributed by atoms with van der Waals surface area (Å²) in [6.45, 7) is 7.84. The van der Waals surface area contributed by atoms with Gasteiger partial charge in [-0.1, -0.05) is 58.4 Å². The number of nitrogen functional groups attached to an aromatic ring is 1. The number of aromatic nitrogens is 1. The fourth-order valence-electron chi connectivity index (χ4n) is 5.61. The number of pyridine rings is 1. The second kappa shape index (κ2) is 12.1. The van der Waals surface area contributed by atoms with Gasteiger partial charge in [-0.3, -0.25) is 4.72 Å². The summed E-state index contributed by atoms with van der Waals surface area (Å²) in [6, 6.07) is 15.7. The summed E-state index contributed by atoms with van der Waals surface area (Å²) < 4.78 is 48.0. The number of aryl methyl sites for hydroxylation is 1. The Morgan fingerprint density at radius 3 is 2.43 bits per heavy atom. The number of rotatable bonds is 10. The molecule has 0 saturated heterocycles. The highest BCUT2D eigenvalue weighted by atomic mass is 32.2. The number of hydrogen-bond acceptors (Lipinski definition) is 7. The number of cyclic esters (lactones) is 1. The lowest BCUT2D eigenvalue weighted by atomic mass is 9.70. The molecule has 2 heterocycles. The second-order valence-electron chi connectivity index (χ2n) is 11.9. The van der Waals surface area contributed by atoms with Crippen LogP contribution in [0.3, 0.4) is 0 Å². The Morgan fingerprint density at radius 1 is 1.12 bits per heavy atom. The van der Waals surface area contributed by atoms with Crippen molar-refractivity contribution in [1.82, 2.24) is 4.98 Å². The lowest BCUT2D eigenvalue weighted by Crippen LogP contribution is -2.43. The first-order chi connectivity index (χ1) is 19.7. The molecule has 0 radical (unpaired) electrons. The number of nitrogens with one attached hydrogen (secondary N) is 1. The van der Waals surface area contributed by atoms with E-state index in [0.29, 0.717) is 30.5 Å². The summed E-state index contributed by atoms with van der Waals surface area (Å²) in [7, 11) is -4.00. The summed E-state index contributed by atoms with van der Waals surface area (Å²) in [6.07, 6.45) is 3.77. The number of aliphatic hydroxyl groups excluding tert-OH is 1. The Hall–Kier alpha value is -3.92. The second-order valence-corrected chi connectivity index (χ2v) is 13.6. The number of aliphatic hydroxyl groups is 1. The van der Waals surface area contributed by atoms with E-state index in [9.17, 15) is 22.7 Å². The van der Waals surface area contributed by atoms with E-state index in [-0.39, 0.29) is 34.3 Å². The van der Waals surface area contributed by atoms with Crippen molar-refractivity contribution in [3.8, 4) is 0 Å². The van der Waals surface area contributed by atoms with E-state index in [1.807, 2.05) is 27.7 Å². The number of benzene rings is 2. The van der Waals surface area contributed by atoms with Crippen LogP contribution in [0.1, 0.15) is 70.4 Å². The molecule has 0 saturated carbocycles. The van der Waals surface area contributed by atoms with Crippen molar-refractivity contribution in [1.29, 1.82) is 0 Å². The van der Waals surface area contributed by atoms with E-state index in [1.165, 1.54) is 30.5 Å². The van der Waals surface area contributed by atoms with Gasteiger partial charge in [-0.25, -0.2) is 14.2 Å². The van der Waals surface area contributed by atoms with Gasteiger partial charge in [-0.2, -0.15) is 8.42 Å². The van der Waals surface area contributed by atoms with Crippen LogP contribution in [-0.4, -0.2) is 30.1 Å². The minimum atomic E-state index is -4.00. The predicted molar refractivity (Wildman–Crippen MR) is 161 cm³/mol. The van der Waals surface area contributed by atoms with Gasteiger partial charge in [0.1, 0.15) is 17.2 Å². The largest absolute Gasteiger partial charge is 0.512 e. The molecule has 0 amide bonds. The Kier molecular flexibility index (Phi) is 8.96. The van der Waals surface area contributed by atoms with E-state index in [4.69, 9.17) is 10.5 Å². The van der Waals surface area contributed by atoms with Crippen molar-refractivity contribution in [3.63, 3.8) is 0 Å². The number of carbonyl (C=O) groups is 1. The fourth-order valence-corrected chi connectivity index (χ4v) is 6.59. The van der Waals surface area contributed by atoms with Gasteiger partial charge in [0.05, 0.1) is 17.5 Å². The standard InChI is InChI=1S/C32H38FN3O5S/c1-5-16-32(17-15-21-9-11-23(33)12-10-21)19-26(37)28(30(38)41-32)29(31(2,3)4)22-7-6-8-25(18-22)36-42(39,40)27-14-13-24(34)20-35-27/h6-14,18,20,29,36-37H,5,15-17,19,34H2,1-4H3/t29-,32?/m0/s1. The van der Waals surface area contributed by atoms with Crippen molar-refractivity contribution >= 4 is 27.4 Å². The van der Waals surface area contributed by atoms with Crippen LogP contribution in [0.15, 0.2) is 83.2 Å². The molecule has 0 fully saturated rings. The maximum absolute atomic E-state index is 13.7. The fraction of sp³-hybridized carbons (Fsp3) is 0.375. The minimum absolute atomic E-state index is 0.0317. The molecule has 0 spiro atoms. The van der Waals surface area contributed by atoms with Crippen molar-refractivity contribution in [2.75, 3.05) is 10.5 Å². The molecule has 2 atom stereocenters. The monoisotopic (exact) mass is 595 g/mol. The highest BCUT2D eigenvalue weighted by molar-refractivity contribution is 7.92. The minimum Gasteiger partial charge on any atom is -0.512 e. The molecule has 0 aliphatic carbocycles. The topological polar surface area (TPSA) is 132 Å². The molecule has 3 aromatic rings. The molecule has 4 rings (SSSR count). The van der Waals surface area contributed by atoms with Crippen LogP contribution in [0.2, 0.25) is 0 Å². The van der Waals surface area contributed by atoms with Crippen molar-refractivity contribution in [3.05, 3.63) is 95.1 Å². The number of nitrogens with zero attached hydrogens (tertiary/aromatic N) is 1. The quantitative estimate of drug-likeness (QED) is 0.223. The summed E-state index contributed by atoms with van der Waals surface area (Å²) >= 11 is 0. The molecule has 1 aliphatic rings. The predicted octanol–water partition coefficient (Wildman–Crippen LogP) is 6.66. The van der Waals surface area contributed by atoms with Gasteiger partial charge in [0.25, 0.3) is 10.0 Å². The molecule has 1 aliphatic heterocycles. The Morgan fingerprint density at radius 2 is 1.83 bits per heavy atom. The zero-order chi connectivity index (χ0) is 30.7. The number of esters is 1. The first kappa shape index (κ1) is 31.0. The van der Waals surface area contributed by atoms with Crippen LogP contribution < -0.4 is 10.5 Å². The summed E-state index contributed by atoms with van der Waals surface area (Å²) in [5.74, 6) is -1.54. The maximum Gasteiger partial charge on any atom is 0.338 e. The molecule has 10 heteroatoms. The van der Waals surface area contributed by atoms with Gasteiger partial charge in [0.2, 0.25) is 0 Å². The number of sulfonamides is 1. The Bertz CT molecular complexity index is 1560. The van der Waals surface area contributed by atoms with E-state index in [2.05, 4.69) is 9.71 Å². The average molecular weight is 596 g/mol. The van der Waals surface area contributed by atoms with Crippen molar-refractivity contribution in [2.24, 2.45) is 5.41 Å². The van der Waals surface area contributed by atoms with Crippen LogP contribution in [0.4, 0.5) is 15.8 Å². The van der Waals surface area contributed by atoms with E-state index < -0.39 is 32.9 Å². The first-order valence-corrected chi connectivity index (χ1v) is 15.5. The maximum atomic E-state index is 13.7. The Balaban J connectivity index is 1.65. The molecule has 2 aromatic carbocycles. The van der Waals surface area contributed by atoms with Gasteiger partial charge in [0.15, 0.2) is 5.03 Å². The van der Waals surface area contributed by atoms with E-state index in [0.717, 1.165) is 12.0 Å². The summed E-state index contributed by atoms with van der Waals surface area (Å²) in [4.78, 5) is 17.6. The zero-order valence-corrected chi connectivity index (χ0v) is 25.2. The highest BCUT2D eigenvalue weighted by Crippen LogP contribution is 2.47. The summed E-state index contributed by atoms with van der Waals surface area (Å²) in [5.41, 5.74) is 6.55. The molecule has 8 nitrogen and oxygen atoms in total. The van der Waals surface area contributed by atoms with Gasteiger partial charge < -0.3 is 15.6 Å². The molecular formula is C32H38FN3O5S. The molecule has 1 unspecified atom stereocenters. The van der Waals surface area contributed by atoms with Crippen LogP contribution >= 0.6 is 0 Å². The number of carbonyl (C=O) groups excluding carboxylic acids is 1. The molecule has 1 aromatic heterocycles. The lowest BCUT2D eigenvalue weighted by molar-refractivity contribution is -0.161. The van der Waals surface area contributed by atoms with Gasteiger partial charge >= 0.3 is 5.97 Å². The number of ether oxygens (including phenoxy) is 1. The lowest BCUT2D eigenvalue weighted by Gasteiger charge is -2.41. The van der Waals surface area contributed by atoms with Crippen LogP contribution in [0, 0.1) is 11.2 Å². The van der Waals surface area contributed by atoms with Gasteiger partial charge in [-0.15, -0.1) is 0 Å². The van der Waals surface area contributed by atoms with Crippen molar-refractivity contribution < 1.29 is 27.4 Å². The average Bonchev–Trinajstić information content (AvgIpc) is 2.90. The molecule has 0 bridgehead atoms. The first-order valence-electron chi connectivity index (χ1n) is 14.0. The molecular weight excluding hydrogens is 557 g/mol. The highest BCUT2D eigenvalue weighted by Gasteiger charge is 2.46. The number of anilines is 2. The van der Waals surface area contributed by atoms with Crippen molar-refractivity contribution in [2.45, 2.75) is 76.3 Å². The molecule has 4 N–H and O–H groups in total. The smallest absolute Gasteiger partial charge is 0.338 e. The number of nitrogens with two attached hydrogens (primary N) is 1. The van der Waals surface area contributed by atoms with Crippen LogP contribution in [-0.2, 0) is 26.0 Å². The third kappa shape index (κ3) is 7.10. The third-order valence-corrected chi connectivity index (χ3v) is 8.78. The number of halogens is 1. The van der Waals surface area contributed by atoms with Crippen LogP contribution in [0.5, 0.6) is 0 Å². The van der Waals surface area contributed by atoms with Gasteiger partial charge in [0, 0.05) is 18.0 Å². The van der Waals surface area contributed by atoms with E-state index in [1.54, 1.807) is 36.4 Å². The Labute approximate surface area is 246 Å². The van der Waals surface area contributed by atoms with E-state index >= 15 is 0 Å². The van der Waals surface area contributed by atoms with Crippen LogP contribution in [0.25, 0.3) is 0 Å². The molecule has 42 heavy (non-hydrogen) atoms. The zero-order valence-electron chi connectivity index (χ0n) is 24.4.